The molecule has 2 aromatic rings. The largest absolute Gasteiger partial charge is 0.315 e. The smallest absolute Gasteiger partial charge is 0.229 e. The van der Waals surface area contributed by atoms with Crippen molar-refractivity contribution in [1.82, 2.24) is 0 Å². The topological polar surface area (TPSA) is 20.3 Å². The molecule has 2 aromatic carbocycles. The predicted octanol–water partition coefficient (Wildman–Crippen LogP) is 3.90. The van der Waals surface area contributed by atoms with E-state index in [0.29, 0.717) is 0 Å². The summed E-state index contributed by atoms with van der Waals surface area (Å²) < 4.78 is 0. The van der Waals surface area contributed by atoms with Gasteiger partial charge in [0.25, 0.3) is 0 Å². The molecule has 0 aromatic heterocycles. The second-order valence-corrected chi connectivity index (χ2v) is 5.51. The van der Waals surface area contributed by atoms with Crippen molar-refractivity contribution < 1.29 is 4.79 Å². The molecule has 0 fully saturated rings. The van der Waals surface area contributed by atoms with Gasteiger partial charge in [0.05, 0.1) is 5.69 Å². The van der Waals surface area contributed by atoms with Crippen LogP contribution in [0.15, 0.2) is 48.5 Å². The van der Waals surface area contributed by atoms with Crippen LogP contribution in [-0.2, 0) is 11.2 Å². The van der Waals surface area contributed by atoms with E-state index in [1.165, 1.54) is 11.1 Å². The van der Waals surface area contributed by atoms with Crippen molar-refractivity contribution in [3.63, 3.8) is 0 Å². The van der Waals surface area contributed by atoms with Gasteiger partial charge in [-0.05, 0) is 30.0 Å². The van der Waals surface area contributed by atoms with Crippen LogP contribution in [0.5, 0.6) is 0 Å². The standard InChI is InChI=1S/C18H19NO/c1-13-11-12-14-7-3-4-8-15(14)16-9-5-6-10-17(16)19(2)18(13)20/h3-10,13H,11-12H2,1-2H3/t13-/m0/s1. The zero-order valence-electron chi connectivity index (χ0n) is 12.0. The molecule has 0 bridgehead atoms. The zero-order chi connectivity index (χ0) is 14.1. The Balaban J connectivity index is 2.24. The third-order valence-electron chi connectivity index (χ3n) is 4.17. The third kappa shape index (κ3) is 2.11. The molecule has 0 spiro atoms. The number of carbonyl (C=O) groups excluding carboxylic acids is 1. The van der Waals surface area contributed by atoms with Crippen molar-refractivity contribution in [3.8, 4) is 11.1 Å². The van der Waals surface area contributed by atoms with Gasteiger partial charge in [-0.2, -0.15) is 0 Å². The van der Waals surface area contributed by atoms with Crippen molar-refractivity contribution in [2.75, 3.05) is 11.9 Å². The molecule has 0 aliphatic carbocycles. The van der Waals surface area contributed by atoms with Crippen LogP contribution in [0.4, 0.5) is 5.69 Å². The molecule has 0 saturated carbocycles. The average Bonchev–Trinajstić information content (AvgIpc) is 2.54. The number of rotatable bonds is 0. The fourth-order valence-corrected chi connectivity index (χ4v) is 2.94. The Morgan fingerprint density at radius 2 is 1.65 bits per heavy atom. The normalized spacial score (nSPS) is 18.6. The first-order valence-electron chi connectivity index (χ1n) is 7.13. The van der Waals surface area contributed by atoms with Crippen LogP contribution in [0, 0.1) is 5.92 Å². The molecule has 1 aliphatic heterocycles. The van der Waals surface area contributed by atoms with E-state index < -0.39 is 0 Å². The minimum Gasteiger partial charge on any atom is -0.315 e. The van der Waals surface area contributed by atoms with E-state index in [9.17, 15) is 4.79 Å². The highest BCUT2D eigenvalue weighted by Gasteiger charge is 2.23. The molecule has 0 saturated heterocycles. The SMILES string of the molecule is C[C@H]1CCc2ccccc2-c2ccccc2N(C)C1=O. The van der Waals surface area contributed by atoms with Gasteiger partial charge in [0, 0.05) is 18.5 Å². The summed E-state index contributed by atoms with van der Waals surface area (Å²) in [6.45, 7) is 2.02. The quantitative estimate of drug-likeness (QED) is 0.707. The average molecular weight is 265 g/mol. The number of fused-ring (bicyclic) bond motifs is 3. The number of amides is 1. The van der Waals surface area contributed by atoms with Crippen LogP contribution < -0.4 is 4.90 Å². The number of carbonyl (C=O) groups is 1. The molecule has 3 rings (SSSR count). The summed E-state index contributed by atoms with van der Waals surface area (Å²) in [5.74, 6) is 0.254. The fraction of sp³-hybridized carbons (Fsp3) is 0.278. The third-order valence-corrected chi connectivity index (χ3v) is 4.17. The lowest BCUT2D eigenvalue weighted by Gasteiger charge is -2.22. The molecule has 2 nitrogen and oxygen atoms in total. The monoisotopic (exact) mass is 265 g/mol. The summed E-state index contributed by atoms with van der Waals surface area (Å²) in [6, 6.07) is 16.6. The Morgan fingerprint density at radius 1 is 1.00 bits per heavy atom. The van der Waals surface area contributed by atoms with E-state index >= 15 is 0 Å². The van der Waals surface area contributed by atoms with Crippen molar-refractivity contribution >= 4 is 11.6 Å². The number of anilines is 1. The molecule has 0 unspecified atom stereocenters. The van der Waals surface area contributed by atoms with Crippen molar-refractivity contribution in [2.24, 2.45) is 5.92 Å². The molecular weight excluding hydrogens is 246 g/mol. The summed E-state index contributed by atoms with van der Waals surface area (Å²) in [5.41, 5.74) is 4.72. The van der Waals surface area contributed by atoms with E-state index in [-0.39, 0.29) is 11.8 Å². The van der Waals surface area contributed by atoms with Gasteiger partial charge in [0.1, 0.15) is 0 Å². The molecule has 0 radical (unpaired) electrons. The Bertz CT molecular complexity index is 647. The Hall–Kier alpha value is -2.09. The van der Waals surface area contributed by atoms with E-state index in [2.05, 4.69) is 30.3 Å². The summed E-state index contributed by atoms with van der Waals surface area (Å²) >= 11 is 0. The van der Waals surface area contributed by atoms with Gasteiger partial charge < -0.3 is 4.90 Å². The van der Waals surface area contributed by atoms with Crippen LogP contribution in [0.2, 0.25) is 0 Å². The van der Waals surface area contributed by atoms with Gasteiger partial charge in [0.15, 0.2) is 0 Å². The molecule has 102 valence electrons. The highest BCUT2D eigenvalue weighted by molar-refractivity contribution is 5.99. The number of nitrogens with zero attached hydrogens (tertiary/aromatic N) is 1. The van der Waals surface area contributed by atoms with Crippen LogP contribution in [0.25, 0.3) is 11.1 Å². The van der Waals surface area contributed by atoms with E-state index in [0.717, 1.165) is 24.1 Å². The van der Waals surface area contributed by atoms with Crippen LogP contribution in [-0.4, -0.2) is 13.0 Å². The lowest BCUT2D eigenvalue weighted by molar-refractivity contribution is -0.121. The maximum atomic E-state index is 12.5. The fourth-order valence-electron chi connectivity index (χ4n) is 2.94. The molecule has 1 aliphatic rings. The Kier molecular flexibility index (Phi) is 3.31. The maximum absolute atomic E-state index is 12.5. The zero-order valence-corrected chi connectivity index (χ0v) is 12.0. The Morgan fingerprint density at radius 3 is 2.45 bits per heavy atom. The van der Waals surface area contributed by atoms with Crippen LogP contribution in [0.1, 0.15) is 18.9 Å². The van der Waals surface area contributed by atoms with Gasteiger partial charge >= 0.3 is 0 Å². The van der Waals surface area contributed by atoms with Crippen molar-refractivity contribution in [1.29, 1.82) is 0 Å². The first kappa shape index (κ1) is 12.9. The highest BCUT2D eigenvalue weighted by Crippen LogP contribution is 2.35. The highest BCUT2D eigenvalue weighted by atomic mass is 16.2. The van der Waals surface area contributed by atoms with Gasteiger partial charge in [-0.25, -0.2) is 0 Å². The molecule has 1 amide bonds. The minimum atomic E-state index is 0.0548. The molecular formula is C18H19NO. The van der Waals surface area contributed by atoms with Gasteiger partial charge in [-0.3, -0.25) is 4.79 Å². The molecule has 1 heterocycles. The first-order valence-corrected chi connectivity index (χ1v) is 7.13. The number of hydrogen-bond acceptors (Lipinski definition) is 1. The first-order chi connectivity index (χ1) is 9.68. The van der Waals surface area contributed by atoms with Crippen molar-refractivity contribution in [2.45, 2.75) is 19.8 Å². The van der Waals surface area contributed by atoms with Crippen molar-refractivity contribution in [3.05, 3.63) is 54.1 Å². The Labute approximate surface area is 120 Å². The number of para-hydroxylation sites is 1. The molecule has 20 heavy (non-hydrogen) atoms. The van der Waals surface area contributed by atoms with E-state index in [1.54, 1.807) is 0 Å². The molecule has 2 heteroatoms. The van der Waals surface area contributed by atoms with Gasteiger partial charge in [-0.15, -0.1) is 0 Å². The number of aryl methyl sites for hydroxylation is 1. The predicted molar refractivity (Wildman–Crippen MR) is 82.8 cm³/mol. The summed E-state index contributed by atoms with van der Waals surface area (Å²) in [6.07, 6.45) is 1.85. The lowest BCUT2D eigenvalue weighted by Crippen LogP contribution is -2.31. The summed E-state index contributed by atoms with van der Waals surface area (Å²) in [7, 11) is 1.88. The van der Waals surface area contributed by atoms with Crippen LogP contribution >= 0.6 is 0 Å². The summed E-state index contributed by atoms with van der Waals surface area (Å²) in [5, 5.41) is 0. The second-order valence-electron chi connectivity index (χ2n) is 5.51. The van der Waals surface area contributed by atoms with Gasteiger partial charge in [0.2, 0.25) is 5.91 Å². The number of hydrogen-bond donors (Lipinski definition) is 0. The molecule has 0 N–H and O–H groups in total. The van der Waals surface area contributed by atoms with E-state index in [4.69, 9.17) is 0 Å². The number of benzene rings is 2. The van der Waals surface area contributed by atoms with Gasteiger partial charge in [-0.1, -0.05) is 49.4 Å². The lowest BCUT2D eigenvalue weighted by atomic mass is 9.94. The minimum absolute atomic E-state index is 0.0548. The molecule has 1 atom stereocenters. The second kappa shape index (κ2) is 5.12. The van der Waals surface area contributed by atoms with E-state index in [1.807, 2.05) is 37.1 Å². The summed E-state index contributed by atoms with van der Waals surface area (Å²) in [4.78, 5) is 14.3. The van der Waals surface area contributed by atoms with Crippen LogP contribution in [0.3, 0.4) is 0 Å². The maximum Gasteiger partial charge on any atom is 0.229 e.